The first-order valence-electron chi connectivity index (χ1n) is 5.70. The third-order valence-electron chi connectivity index (χ3n) is 2.92. The largest absolute Gasteiger partial charge is 0.342 e. The molecule has 16 heavy (non-hydrogen) atoms. The number of nitrogens with zero attached hydrogens (tertiary/aromatic N) is 2. The zero-order valence-electron chi connectivity index (χ0n) is 9.42. The molecule has 1 aromatic rings. The Labute approximate surface area is 103 Å². The minimum absolute atomic E-state index is 0.0910. The molecule has 0 spiro atoms. The van der Waals surface area contributed by atoms with Crippen molar-refractivity contribution in [3.05, 3.63) is 20.5 Å². The normalized spacial score (nSPS) is 17.2. The molecule has 1 N–H and O–H groups in total. The summed E-state index contributed by atoms with van der Waals surface area (Å²) < 4.78 is 0.533. The number of H-pyrrole nitrogens is 1. The van der Waals surface area contributed by atoms with E-state index in [0.29, 0.717) is 10.4 Å². The van der Waals surface area contributed by atoms with Gasteiger partial charge in [-0.05, 0) is 35.7 Å². The quantitative estimate of drug-likeness (QED) is 0.861. The summed E-state index contributed by atoms with van der Waals surface area (Å²) in [4.78, 5) is 21.0. The Bertz CT molecular complexity index is 422. The molecular weight excluding hydrogens is 270 g/mol. The van der Waals surface area contributed by atoms with E-state index >= 15 is 0 Å². The maximum absolute atomic E-state index is 11.6. The Morgan fingerprint density at radius 3 is 2.44 bits per heavy atom. The monoisotopic (exact) mass is 285 g/mol. The Morgan fingerprint density at radius 2 is 1.88 bits per heavy atom. The molecule has 0 atom stereocenters. The van der Waals surface area contributed by atoms with Crippen LogP contribution in [0.25, 0.3) is 0 Å². The van der Waals surface area contributed by atoms with Gasteiger partial charge in [-0.1, -0.05) is 12.8 Å². The van der Waals surface area contributed by atoms with Crippen LogP contribution in [0.5, 0.6) is 0 Å². The second-order valence-electron chi connectivity index (χ2n) is 4.19. The Morgan fingerprint density at radius 1 is 1.25 bits per heavy atom. The van der Waals surface area contributed by atoms with Crippen LogP contribution in [0.1, 0.15) is 31.4 Å². The molecule has 0 aromatic carbocycles. The minimum Gasteiger partial charge on any atom is -0.342 e. The second-order valence-corrected chi connectivity index (χ2v) is 4.98. The number of rotatable bonds is 1. The molecular formula is C11H16BrN3O. The summed E-state index contributed by atoms with van der Waals surface area (Å²) in [7, 11) is 0. The van der Waals surface area contributed by atoms with Gasteiger partial charge in [-0.15, -0.1) is 0 Å². The van der Waals surface area contributed by atoms with Crippen molar-refractivity contribution in [2.24, 2.45) is 0 Å². The molecule has 0 unspecified atom stereocenters. The van der Waals surface area contributed by atoms with Crippen molar-refractivity contribution in [2.45, 2.75) is 32.6 Å². The van der Waals surface area contributed by atoms with Gasteiger partial charge >= 0.3 is 0 Å². The fourth-order valence-corrected chi connectivity index (χ4v) is 2.18. The number of halogens is 1. The fraction of sp³-hybridized carbons (Fsp3) is 0.636. The number of hydrogen-bond donors (Lipinski definition) is 1. The van der Waals surface area contributed by atoms with E-state index in [0.717, 1.165) is 18.8 Å². The third-order valence-corrected chi connectivity index (χ3v) is 3.86. The van der Waals surface area contributed by atoms with Crippen LogP contribution in [0.15, 0.2) is 9.27 Å². The average Bonchev–Trinajstić information content (AvgIpc) is 2.53. The van der Waals surface area contributed by atoms with E-state index in [1.807, 2.05) is 6.92 Å². The lowest BCUT2D eigenvalue weighted by molar-refractivity contribution is 0.726. The molecule has 1 fully saturated rings. The number of anilines is 1. The average molecular weight is 286 g/mol. The molecule has 1 saturated heterocycles. The van der Waals surface area contributed by atoms with E-state index in [1.165, 1.54) is 25.7 Å². The van der Waals surface area contributed by atoms with E-state index in [9.17, 15) is 4.79 Å². The first-order chi connectivity index (χ1) is 7.68. The van der Waals surface area contributed by atoms with Gasteiger partial charge < -0.3 is 4.90 Å². The van der Waals surface area contributed by atoms with Gasteiger partial charge in [-0.3, -0.25) is 9.78 Å². The van der Waals surface area contributed by atoms with Crippen LogP contribution < -0.4 is 10.5 Å². The molecule has 0 aliphatic carbocycles. The summed E-state index contributed by atoms with van der Waals surface area (Å²) in [5.41, 5.74) is 0.662. The second kappa shape index (κ2) is 4.99. The number of nitrogens with one attached hydrogen (secondary N) is 1. The van der Waals surface area contributed by atoms with E-state index in [2.05, 4.69) is 30.8 Å². The molecule has 2 heterocycles. The van der Waals surface area contributed by atoms with Crippen molar-refractivity contribution in [1.29, 1.82) is 0 Å². The number of aryl methyl sites for hydroxylation is 1. The van der Waals surface area contributed by atoms with Gasteiger partial charge in [0.15, 0.2) is 0 Å². The lowest BCUT2D eigenvalue weighted by Gasteiger charge is -2.20. The Balaban J connectivity index is 2.28. The SMILES string of the molecule is Cc1nc(N2CCCCCC2)[nH]c(=O)c1Br. The van der Waals surface area contributed by atoms with Gasteiger partial charge in [-0.25, -0.2) is 4.98 Å². The number of hydrogen-bond acceptors (Lipinski definition) is 3. The van der Waals surface area contributed by atoms with Gasteiger partial charge in [0.1, 0.15) is 4.47 Å². The van der Waals surface area contributed by atoms with Gasteiger partial charge in [0, 0.05) is 13.1 Å². The zero-order valence-corrected chi connectivity index (χ0v) is 11.0. The third kappa shape index (κ3) is 2.45. The maximum Gasteiger partial charge on any atom is 0.266 e. The van der Waals surface area contributed by atoms with E-state index in [-0.39, 0.29) is 5.56 Å². The zero-order chi connectivity index (χ0) is 11.5. The van der Waals surface area contributed by atoms with E-state index in [4.69, 9.17) is 0 Å². The highest BCUT2D eigenvalue weighted by Gasteiger charge is 2.13. The summed E-state index contributed by atoms with van der Waals surface area (Å²) in [6, 6.07) is 0. The van der Waals surface area contributed by atoms with Crippen molar-refractivity contribution < 1.29 is 0 Å². The van der Waals surface area contributed by atoms with Crippen LogP contribution in [0, 0.1) is 6.92 Å². The van der Waals surface area contributed by atoms with Crippen LogP contribution in [0.2, 0.25) is 0 Å². The summed E-state index contributed by atoms with van der Waals surface area (Å²) in [5.74, 6) is 0.715. The Hall–Kier alpha value is -0.840. The molecule has 0 saturated carbocycles. The predicted molar refractivity (Wildman–Crippen MR) is 68.0 cm³/mol. The number of aromatic amines is 1. The molecule has 1 aliphatic rings. The first kappa shape index (κ1) is 11.6. The highest BCUT2D eigenvalue weighted by atomic mass is 79.9. The minimum atomic E-state index is -0.0910. The van der Waals surface area contributed by atoms with E-state index in [1.54, 1.807) is 0 Å². The molecule has 0 radical (unpaired) electrons. The smallest absolute Gasteiger partial charge is 0.266 e. The van der Waals surface area contributed by atoms with Crippen molar-refractivity contribution in [1.82, 2.24) is 9.97 Å². The van der Waals surface area contributed by atoms with Gasteiger partial charge in [0.05, 0.1) is 5.69 Å². The molecule has 5 heteroatoms. The molecule has 2 rings (SSSR count). The standard InChI is InChI=1S/C11H16BrN3O/c1-8-9(12)10(16)14-11(13-8)15-6-4-2-3-5-7-15/h2-7H2,1H3,(H,13,14,16). The van der Waals surface area contributed by atoms with Crippen LogP contribution in [0.3, 0.4) is 0 Å². The van der Waals surface area contributed by atoms with Gasteiger partial charge in [0.25, 0.3) is 5.56 Å². The molecule has 4 nitrogen and oxygen atoms in total. The summed E-state index contributed by atoms with van der Waals surface area (Å²) >= 11 is 3.23. The molecule has 0 bridgehead atoms. The lowest BCUT2D eigenvalue weighted by Crippen LogP contribution is -2.28. The topological polar surface area (TPSA) is 49.0 Å². The van der Waals surface area contributed by atoms with Crippen LogP contribution in [-0.4, -0.2) is 23.1 Å². The van der Waals surface area contributed by atoms with E-state index < -0.39 is 0 Å². The summed E-state index contributed by atoms with van der Waals surface area (Å²) in [6.07, 6.45) is 4.91. The van der Waals surface area contributed by atoms with Crippen LogP contribution in [-0.2, 0) is 0 Å². The van der Waals surface area contributed by atoms with Crippen molar-refractivity contribution in [2.75, 3.05) is 18.0 Å². The van der Waals surface area contributed by atoms with Crippen molar-refractivity contribution in [3.8, 4) is 0 Å². The number of aromatic nitrogens is 2. The van der Waals surface area contributed by atoms with Crippen molar-refractivity contribution in [3.63, 3.8) is 0 Å². The molecule has 0 amide bonds. The maximum atomic E-state index is 11.6. The van der Waals surface area contributed by atoms with Crippen LogP contribution >= 0.6 is 15.9 Å². The first-order valence-corrected chi connectivity index (χ1v) is 6.49. The molecule has 1 aromatic heterocycles. The fourth-order valence-electron chi connectivity index (χ4n) is 1.99. The summed E-state index contributed by atoms with van der Waals surface area (Å²) in [5, 5.41) is 0. The van der Waals surface area contributed by atoms with Gasteiger partial charge in [-0.2, -0.15) is 0 Å². The van der Waals surface area contributed by atoms with Gasteiger partial charge in [0.2, 0.25) is 5.95 Å². The van der Waals surface area contributed by atoms with Crippen LogP contribution in [0.4, 0.5) is 5.95 Å². The van der Waals surface area contributed by atoms with Crippen molar-refractivity contribution >= 4 is 21.9 Å². The highest BCUT2D eigenvalue weighted by Crippen LogP contribution is 2.16. The summed E-state index contributed by atoms with van der Waals surface area (Å²) in [6.45, 7) is 3.83. The lowest BCUT2D eigenvalue weighted by atomic mass is 10.2. The Kier molecular flexibility index (Phi) is 3.63. The predicted octanol–water partition coefficient (Wildman–Crippen LogP) is 2.22. The highest BCUT2D eigenvalue weighted by molar-refractivity contribution is 9.10. The molecule has 1 aliphatic heterocycles. The molecule has 88 valence electrons.